The van der Waals surface area contributed by atoms with E-state index >= 15 is 0 Å². The molecule has 1 aliphatic rings. The molecule has 0 saturated heterocycles. The van der Waals surface area contributed by atoms with Gasteiger partial charge in [0.05, 0.1) is 22.0 Å². The fraction of sp³-hybridized carbons (Fsp3) is 0.143. The summed E-state index contributed by atoms with van der Waals surface area (Å²) >= 11 is 6.20. The van der Waals surface area contributed by atoms with Crippen LogP contribution < -0.4 is 4.31 Å². The van der Waals surface area contributed by atoms with Gasteiger partial charge in [0, 0.05) is 12.7 Å². The number of halogens is 1. The SMILES string of the molecule is O=C(OCc1ccccn1)c1ccc(Cl)c(S(=O)(=O)N2CCc3ccccc32)c1. The van der Waals surface area contributed by atoms with Gasteiger partial charge >= 0.3 is 5.97 Å². The van der Waals surface area contributed by atoms with Gasteiger partial charge in [-0.15, -0.1) is 0 Å². The smallest absolute Gasteiger partial charge is 0.338 e. The molecule has 0 saturated carbocycles. The van der Waals surface area contributed by atoms with E-state index in [1.807, 2.05) is 12.1 Å². The molecular weight excluding hydrogens is 412 g/mol. The third-order valence-corrected chi connectivity index (χ3v) is 6.95. The van der Waals surface area contributed by atoms with Crippen molar-refractivity contribution < 1.29 is 17.9 Å². The minimum absolute atomic E-state index is 0.0100. The number of esters is 1. The summed E-state index contributed by atoms with van der Waals surface area (Å²) in [5.41, 5.74) is 2.29. The molecule has 1 aliphatic heterocycles. The van der Waals surface area contributed by atoms with Crippen molar-refractivity contribution in [3.63, 3.8) is 0 Å². The molecule has 0 bridgehead atoms. The van der Waals surface area contributed by atoms with E-state index in [0.717, 1.165) is 5.56 Å². The van der Waals surface area contributed by atoms with Crippen LogP contribution in [0.25, 0.3) is 0 Å². The van der Waals surface area contributed by atoms with E-state index in [4.69, 9.17) is 16.3 Å². The quantitative estimate of drug-likeness (QED) is 0.577. The Morgan fingerprint density at radius 1 is 1.10 bits per heavy atom. The van der Waals surface area contributed by atoms with E-state index < -0.39 is 16.0 Å². The second-order valence-corrected chi connectivity index (χ2v) is 8.74. The van der Waals surface area contributed by atoms with Crippen molar-refractivity contribution in [2.45, 2.75) is 17.9 Å². The standard InChI is InChI=1S/C21H17ClN2O4S/c22-18-9-8-16(21(25)28-14-17-6-3-4-11-23-17)13-20(18)29(26,27)24-12-10-15-5-1-2-7-19(15)24/h1-9,11,13H,10,12,14H2. The zero-order valence-corrected chi connectivity index (χ0v) is 16.9. The van der Waals surface area contributed by atoms with Crippen molar-refractivity contribution in [3.05, 3.63) is 88.7 Å². The maximum absolute atomic E-state index is 13.3. The monoisotopic (exact) mass is 428 g/mol. The van der Waals surface area contributed by atoms with Gasteiger partial charge in [-0.3, -0.25) is 9.29 Å². The Morgan fingerprint density at radius 3 is 2.69 bits per heavy atom. The average Bonchev–Trinajstić information content (AvgIpc) is 3.18. The third kappa shape index (κ3) is 3.83. The molecule has 0 unspecified atom stereocenters. The molecule has 1 aromatic heterocycles. The number of sulfonamides is 1. The highest BCUT2D eigenvalue weighted by atomic mass is 35.5. The van der Waals surface area contributed by atoms with Crippen LogP contribution in [0.2, 0.25) is 5.02 Å². The molecule has 0 spiro atoms. The molecule has 148 valence electrons. The van der Waals surface area contributed by atoms with Gasteiger partial charge in [-0.2, -0.15) is 0 Å². The maximum atomic E-state index is 13.3. The molecular formula is C21H17ClN2O4S. The predicted molar refractivity (Wildman–Crippen MR) is 109 cm³/mol. The predicted octanol–water partition coefficient (Wildman–Crippen LogP) is 3.84. The van der Waals surface area contributed by atoms with E-state index in [-0.39, 0.29) is 22.1 Å². The summed E-state index contributed by atoms with van der Waals surface area (Å²) in [4.78, 5) is 16.4. The number of ether oxygens (including phenoxy) is 1. The first kappa shape index (κ1) is 19.4. The van der Waals surface area contributed by atoms with Crippen molar-refractivity contribution in [2.24, 2.45) is 0 Å². The molecule has 3 aromatic rings. The van der Waals surface area contributed by atoms with Crippen LogP contribution in [-0.2, 0) is 27.8 Å². The lowest BCUT2D eigenvalue weighted by Gasteiger charge is -2.20. The van der Waals surface area contributed by atoms with E-state index in [1.165, 1.54) is 22.5 Å². The Bertz CT molecular complexity index is 1170. The number of anilines is 1. The highest BCUT2D eigenvalue weighted by Gasteiger charge is 2.32. The van der Waals surface area contributed by atoms with Gasteiger partial charge < -0.3 is 4.74 Å². The van der Waals surface area contributed by atoms with Crippen molar-refractivity contribution in [1.29, 1.82) is 0 Å². The number of aromatic nitrogens is 1. The summed E-state index contributed by atoms with van der Waals surface area (Å²) in [7, 11) is -3.92. The molecule has 0 aliphatic carbocycles. The molecule has 2 heterocycles. The number of pyridine rings is 1. The number of hydrogen-bond acceptors (Lipinski definition) is 5. The van der Waals surface area contributed by atoms with Crippen LogP contribution >= 0.6 is 11.6 Å². The third-order valence-electron chi connectivity index (χ3n) is 4.66. The van der Waals surface area contributed by atoms with Gasteiger partial charge in [-0.25, -0.2) is 13.2 Å². The van der Waals surface area contributed by atoms with Crippen LogP contribution in [0.1, 0.15) is 21.6 Å². The molecule has 29 heavy (non-hydrogen) atoms. The van der Waals surface area contributed by atoms with Gasteiger partial charge in [0.15, 0.2) is 0 Å². The van der Waals surface area contributed by atoms with Crippen molar-refractivity contribution in [2.75, 3.05) is 10.8 Å². The summed E-state index contributed by atoms with van der Waals surface area (Å²) in [6.07, 6.45) is 2.23. The Balaban J connectivity index is 1.61. The molecule has 0 radical (unpaired) electrons. The second-order valence-electron chi connectivity index (χ2n) is 6.50. The zero-order chi connectivity index (χ0) is 20.4. The number of carbonyl (C=O) groups excluding carboxylic acids is 1. The topological polar surface area (TPSA) is 76.6 Å². The Kier molecular flexibility index (Phi) is 5.25. The van der Waals surface area contributed by atoms with Gasteiger partial charge in [0.1, 0.15) is 11.5 Å². The highest BCUT2D eigenvalue weighted by molar-refractivity contribution is 7.93. The molecule has 0 amide bonds. The average molecular weight is 429 g/mol. The minimum atomic E-state index is -3.92. The maximum Gasteiger partial charge on any atom is 0.338 e. The summed E-state index contributed by atoms with van der Waals surface area (Å²) in [6.45, 7) is 0.316. The molecule has 2 aromatic carbocycles. The Morgan fingerprint density at radius 2 is 1.90 bits per heavy atom. The summed E-state index contributed by atoms with van der Waals surface area (Å²) in [5, 5.41) is 0.0515. The minimum Gasteiger partial charge on any atom is -0.456 e. The number of fused-ring (bicyclic) bond motifs is 1. The van der Waals surface area contributed by atoms with Crippen molar-refractivity contribution in [3.8, 4) is 0 Å². The van der Waals surface area contributed by atoms with Crippen LogP contribution in [0.15, 0.2) is 71.8 Å². The van der Waals surface area contributed by atoms with Crippen LogP contribution in [-0.4, -0.2) is 25.9 Å². The van der Waals surface area contributed by atoms with Gasteiger partial charge in [-0.05, 0) is 48.4 Å². The fourth-order valence-corrected chi connectivity index (χ4v) is 5.22. The van der Waals surface area contributed by atoms with E-state index in [9.17, 15) is 13.2 Å². The lowest BCUT2D eigenvalue weighted by molar-refractivity contribution is 0.0467. The van der Waals surface area contributed by atoms with Crippen molar-refractivity contribution in [1.82, 2.24) is 4.98 Å². The first-order chi connectivity index (χ1) is 14.0. The summed E-state index contributed by atoms with van der Waals surface area (Å²) in [5.74, 6) is -0.648. The second kappa shape index (κ2) is 7.85. The van der Waals surface area contributed by atoms with Crippen LogP contribution in [0.4, 0.5) is 5.69 Å². The normalized spacial score (nSPS) is 13.2. The number of rotatable bonds is 5. The van der Waals surface area contributed by atoms with E-state index in [1.54, 1.807) is 36.5 Å². The molecule has 8 heteroatoms. The number of nitrogens with zero attached hydrogens (tertiary/aromatic N) is 2. The van der Waals surface area contributed by atoms with Gasteiger partial charge in [0.2, 0.25) is 0 Å². The highest BCUT2D eigenvalue weighted by Crippen LogP contribution is 2.35. The Labute approximate surface area is 173 Å². The molecule has 0 fully saturated rings. The number of carbonyl (C=O) groups is 1. The van der Waals surface area contributed by atoms with Crippen LogP contribution in [0, 0.1) is 0 Å². The molecule has 4 rings (SSSR count). The summed E-state index contributed by atoms with van der Waals surface area (Å²) in [6, 6.07) is 16.7. The van der Waals surface area contributed by atoms with E-state index in [2.05, 4.69) is 4.98 Å². The van der Waals surface area contributed by atoms with Gasteiger partial charge in [0.25, 0.3) is 10.0 Å². The zero-order valence-electron chi connectivity index (χ0n) is 15.3. The van der Waals surface area contributed by atoms with E-state index in [0.29, 0.717) is 24.3 Å². The molecule has 0 atom stereocenters. The van der Waals surface area contributed by atoms with Crippen LogP contribution in [0.3, 0.4) is 0 Å². The van der Waals surface area contributed by atoms with Crippen molar-refractivity contribution >= 4 is 33.3 Å². The first-order valence-corrected chi connectivity index (χ1v) is 10.8. The number of benzene rings is 2. The van der Waals surface area contributed by atoms with Crippen LogP contribution in [0.5, 0.6) is 0 Å². The number of hydrogen-bond donors (Lipinski definition) is 0. The largest absolute Gasteiger partial charge is 0.456 e. The number of para-hydroxylation sites is 1. The molecule has 6 nitrogen and oxygen atoms in total. The van der Waals surface area contributed by atoms with Gasteiger partial charge in [-0.1, -0.05) is 35.9 Å². The lowest BCUT2D eigenvalue weighted by atomic mass is 10.2. The summed E-state index contributed by atoms with van der Waals surface area (Å²) < 4.78 is 33.1. The Hall–Kier alpha value is -2.90. The molecule has 0 N–H and O–H groups in total. The lowest BCUT2D eigenvalue weighted by Crippen LogP contribution is -2.29. The fourth-order valence-electron chi connectivity index (χ4n) is 3.21. The first-order valence-electron chi connectivity index (χ1n) is 8.94.